The molecule has 0 spiro atoms. The first-order chi connectivity index (χ1) is 8.58. The minimum absolute atomic E-state index is 0.149. The molecule has 0 saturated carbocycles. The summed E-state index contributed by atoms with van der Waals surface area (Å²) in [4.78, 5) is 26.5. The first-order valence-corrected chi connectivity index (χ1v) is 6.80. The topological polar surface area (TPSA) is 60.9 Å². The van der Waals surface area contributed by atoms with Crippen LogP contribution in [0.3, 0.4) is 0 Å². The van der Waals surface area contributed by atoms with E-state index in [9.17, 15) is 9.59 Å². The number of carbonyl (C=O) groups excluding carboxylic acids is 1. The van der Waals surface area contributed by atoms with Crippen LogP contribution in [-0.2, 0) is 9.59 Å². The van der Waals surface area contributed by atoms with Crippen molar-refractivity contribution >= 4 is 11.9 Å². The van der Waals surface area contributed by atoms with Crippen molar-refractivity contribution in [1.82, 2.24) is 9.80 Å². The molecule has 102 valence electrons. The minimum atomic E-state index is -0.666. The molecular formula is C13H22N2O3. The third-order valence-electron chi connectivity index (χ3n) is 4.23. The number of carboxylic acids is 1. The Morgan fingerprint density at radius 3 is 2.33 bits per heavy atom. The highest BCUT2D eigenvalue weighted by Crippen LogP contribution is 2.23. The third-order valence-corrected chi connectivity index (χ3v) is 4.23. The van der Waals surface area contributed by atoms with Gasteiger partial charge < -0.3 is 10.0 Å². The van der Waals surface area contributed by atoms with Crippen molar-refractivity contribution in [2.24, 2.45) is 5.92 Å². The molecule has 1 N–H and O–H groups in total. The highest BCUT2D eigenvalue weighted by atomic mass is 16.4. The van der Waals surface area contributed by atoms with Crippen molar-refractivity contribution in [3.63, 3.8) is 0 Å². The summed E-state index contributed by atoms with van der Waals surface area (Å²) >= 11 is 0. The summed E-state index contributed by atoms with van der Waals surface area (Å²) < 4.78 is 0. The molecule has 0 radical (unpaired) electrons. The van der Waals surface area contributed by atoms with Crippen molar-refractivity contribution in [2.45, 2.75) is 38.6 Å². The number of aliphatic carboxylic acids is 1. The third kappa shape index (κ3) is 3.02. The van der Waals surface area contributed by atoms with Gasteiger partial charge in [0.2, 0.25) is 5.91 Å². The maximum absolute atomic E-state index is 11.3. The molecule has 5 heteroatoms. The van der Waals surface area contributed by atoms with E-state index in [1.54, 1.807) is 6.92 Å². The van der Waals surface area contributed by atoms with Gasteiger partial charge in [-0.1, -0.05) is 0 Å². The molecular weight excluding hydrogens is 232 g/mol. The molecule has 2 fully saturated rings. The van der Waals surface area contributed by atoms with Crippen LogP contribution in [0.4, 0.5) is 0 Å². The van der Waals surface area contributed by atoms with Gasteiger partial charge in [0, 0.05) is 32.6 Å². The number of piperidine rings is 2. The Labute approximate surface area is 108 Å². The van der Waals surface area contributed by atoms with Crippen LogP contribution in [0, 0.1) is 5.92 Å². The molecule has 1 unspecified atom stereocenters. The summed E-state index contributed by atoms with van der Waals surface area (Å²) in [5.74, 6) is -0.721. The molecule has 0 aromatic heterocycles. The molecule has 1 atom stereocenters. The number of rotatable bonds is 2. The quantitative estimate of drug-likeness (QED) is 0.791. The van der Waals surface area contributed by atoms with Gasteiger partial charge in [0.1, 0.15) is 0 Å². The Morgan fingerprint density at radius 1 is 1.11 bits per heavy atom. The number of carbonyl (C=O) groups is 2. The summed E-state index contributed by atoms with van der Waals surface area (Å²) in [5, 5.41) is 9.09. The monoisotopic (exact) mass is 254 g/mol. The van der Waals surface area contributed by atoms with Gasteiger partial charge in [-0.3, -0.25) is 14.5 Å². The molecule has 18 heavy (non-hydrogen) atoms. The number of hydrogen-bond donors (Lipinski definition) is 1. The van der Waals surface area contributed by atoms with Gasteiger partial charge >= 0.3 is 5.97 Å². The molecule has 0 aromatic rings. The van der Waals surface area contributed by atoms with E-state index in [4.69, 9.17) is 5.11 Å². The first kappa shape index (κ1) is 13.3. The molecule has 5 nitrogen and oxygen atoms in total. The average molecular weight is 254 g/mol. The maximum Gasteiger partial charge on any atom is 0.307 e. The van der Waals surface area contributed by atoms with E-state index < -0.39 is 5.97 Å². The Balaban J connectivity index is 1.85. The highest BCUT2D eigenvalue weighted by molar-refractivity contribution is 5.73. The summed E-state index contributed by atoms with van der Waals surface area (Å²) in [6.45, 7) is 4.93. The second kappa shape index (κ2) is 5.69. The minimum Gasteiger partial charge on any atom is -0.481 e. The van der Waals surface area contributed by atoms with E-state index in [0.29, 0.717) is 12.6 Å². The normalized spacial score (nSPS) is 27.2. The van der Waals surface area contributed by atoms with Crippen molar-refractivity contribution in [2.75, 3.05) is 26.2 Å². The predicted molar refractivity (Wildman–Crippen MR) is 67.2 cm³/mol. The lowest BCUT2D eigenvalue weighted by molar-refractivity contribution is -0.144. The van der Waals surface area contributed by atoms with Crippen LogP contribution >= 0.6 is 0 Å². The SMILES string of the molecule is CC(=O)N1CCC(N2CCCC(C(=O)O)C2)CC1. The van der Waals surface area contributed by atoms with Gasteiger partial charge in [-0.15, -0.1) is 0 Å². The van der Waals surface area contributed by atoms with Crippen LogP contribution < -0.4 is 0 Å². The Bertz CT molecular complexity index is 324. The van der Waals surface area contributed by atoms with Crippen LogP contribution in [0.1, 0.15) is 32.6 Å². The van der Waals surface area contributed by atoms with Gasteiger partial charge in [0.15, 0.2) is 0 Å². The van der Waals surface area contributed by atoms with E-state index in [1.165, 1.54) is 0 Å². The van der Waals surface area contributed by atoms with Crippen LogP contribution in [0.25, 0.3) is 0 Å². The molecule has 2 heterocycles. The van der Waals surface area contributed by atoms with Crippen molar-refractivity contribution < 1.29 is 14.7 Å². The van der Waals surface area contributed by atoms with Crippen LogP contribution in [0.5, 0.6) is 0 Å². The number of hydrogen-bond acceptors (Lipinski definition) is 3. The fourth-order valence-electron chi connectivity index (χ4n) is 3.09. The second-order valence-corrected chi connectivity index (χ2v) is 5.41. The zero-order valence-corrected chi connectivity index (χ0v) is 11.0. The molecule has 0 bridgehead atoms. The second-order valence-electron chi connectivity index (χ2n) is 5.41. The molecule has 0 aromatic carbocycles. The summed E-state index contributed by atoms with van der Waals surface area (Å²) in [6.07, 6.45) is 3.74. The lowest BCUT2D eigenvalue weighted by atomic mass is 9.94. The zero-order chi connectivity index (χ0) is 13.1. The van der Waals surface area contributed by atoms with E-state index >= 15 is 0 Å². The van der Waals surface area contributed by atoms with Gasteiger partial charge in [0.05, 0.1) is 5.92 Å². The van der Waals surface area contributed by atoms with Crippen LogP contribution in [0.2, 0.25) is 0 Å². The smallest absolute Gasteiger partial charge is 0.307 e. The van der Waals surface area contributed by atoms with Gasteiger partial charge in [-0.2, -0.15) is 0 Å². The maximum atomic E-state index is 11.3. The Hall–Kier alpha value is -1.10. The summed E-state index contributed by atoms with van der Waals surface area (Å²) in [5.41, 5.74) is 0. The molecule has 2 saturated heterocycles. The summed E-state index contributed by atoms with van der Waals surface area (Å²) in [7, 11) is 0. The lowest BCUT2D eigenvalue weighted by Gasteiger charge is -2.41. The van der Waals surface area contributed by atoms with Crippen molar-refractivity contribution in [3.05, 3.63) is 0 Å². The Morgan fingerprint density at radius 2 is 1.78 bits per heavy atom. The van der Waals surface area contributed by atoms with E-state index in [0.717, 1.165) is 45.3 Å². The Kier molecular flexibility index (Phi) is 4.22. The first-order valence-electron chi connectivity index (χ1n) is 6.80. The predicted octanol–water partition coefficient (Wildman–Crippen LogP) is 0.794. The molecule has 2 aliphatic heterocycles. The van der Waals surface area contributed by atoms with Crippen molar-refractivity contribution in [1.29, 1.82) is 0 Å². The van der Waals surface area contributed by atoms with Gasteiger partial charge in [0.25, 0.3) is 0 Å². The average Bonchev–Trinajstić information content (AvgIpc) is 2.39. The molecule has 0 aliphatic carbocycles. The fraction of sp³-hybridized carbons (Fsp3) is 0.846. The van der Waals surface area contributed by atoms with Gasteiger partial charge in [-0.25, -0.2) is 0 Å². The van der Waals surface area contributed by atoms with E-state index in [2.05, 4.69) is 4.90 Å². The van der Waals surface area contributed by atoms with Crippen molar-refractivity contribution in [3.8, 4) is 0 Å². The number of likely N-dealkylation sites (tertiary alicyclic amines) is 2. The highest BCUT2D eigenvalue weighted by Gasteiger charge is 2.31. The van der Waals surface area contributed by atoms with Crippen LogP contribution in [-0.4, -0.2) is 59.0 Å². The zero-order valence-electron chi connectivity index (χ0n) is 11.0. The van der Waals surface area contributed by atoms with E-state index in [1.807, 2.05) is 4.90 Å². The lowest BCUT2D eigenvalue weighted by Crippen LogP contribution is -2.50. The molecule has 1 amide bonds. The van der Waals surface area contributed by atoms with Crippen LogP contribution in [0.15, 0.2) is 0 Å². The number of carboxylic acid groups (broad SMARTS) is 1. The standard InChI is InChI=1S/C13H22N2O3/c1-10(16)14-7-4-12(5-8-14)15-6-2-3-11(9-15)13(17)18/h11-12H,2-9H2,1H3,(H,17,18). The number of amides is 1. The summed E-state index contributed by atoms with van der Waals surface area (Å²) in [6, 6.07) is 0.461. The molecule has 2 rings (SSSR count). The fourth-order valence-corrected chi connectivity index (χ4v) is 3.09. The number of nitrogens with zero attached hydrogens (tertiary/aromatic N) is 2. The largest absolute Gasteiger partial charge is 0.481 e. The molecule has 2 aliphatic rings. The van der Waals surface area contributed by atoms with E-state index in [-0.39, 0.29) is 11.8 Å². The van der Waals surface area contributed by atoms with Gasteiger partial charge in [-0.05, 0) is 32.2 Å².